The second-order valence-corrected chi connectivity index (χ2v) is 4.66. The molecular formula is C12H15BrN2O4. The molecule has 0 aliphatic rings. The topological polar surface area (TPSA) is 81.5 Å². The molecule has 0 saturated carbocycles. The Balaban J connectivity index is 2.79. The summed E-state index contributed by atoms with van der Waals surface area (Å²) in [4.78, 5) is 21.3. The van der Waals surface area contributed by atoms with E-state index >= 15 is 0 Å². The molecule has 0 heterocycles. The maximum absolute atomic E-state index is 11.0. The zero-order chi connectivity index (χ0) is 14.3. The fourth-order valence-electron chi connectivity index (χ4n) is 1.44. The Morgan fingerprint density at radius 3 is 2.79 bits per heavy atom. The molecule has 0 aliphatic heterocycles. The number of rotatable bonds is 7. The number of halogens is 1. The van der Waals surface area contributed by atoms with Gasteiger partial charge >= 0.3 is 5.69 Å². The summed E-state index contributed by atoms with van der Waals surface area (Å²) in [6.45, 7) is 1.77. The van der Waals surface area contributed by atoms with Crippen LogP contribution < -0.4 is 10.1 Å². The average Bonchev–Trinajstić information content (AvgIpc) is 2.35. The van der Waals surface area contributed by atoms with E-state index < -0.39 is 4.92 Å². The van der Waals surface area contributed by atoms with Crippen molar-refractivity contribution in [3.8, 4) is 5.75 Å². The molecule has 1 N–H and O–H groups in total. The SMILES string of the molecule is CC(=O)Nc1ccc(OCCCCBr)c([N+](=O)[O-])c1. The van der Waals surface area contributed by atoms with Crippen LogP contribution in [0.1, 0.15) is 19.8 Å². The van der Waals surface area contributed by atoms with Crippen molar-refractivity contribution >= 4 is 33.2 Å². The number of carbonyl (C=O) groups excluding carboxylic acids is 1. The molecule has 1 aromatic rings. The van der Waals surface area contributed by atoms with Gasteiger partial charge < -0.3 is 10.1 Å². The first-order valence-corrected chi connectivity index (χ1v) is 6.91. The van der Waals surface area contributed by atoms with Crippen molar-refractivity contribution in [2.75, 3.05) is 17.3 Å². The van der Waals surface area contributed by atoms with Crippen molar-refractivity contribution in [3.05, 3.63) is 28.3 Å². The largest absolute Gasteiger partial charge is 0.487 e. The molecule has 1 amide bonds. The first-order chi connectivity index (χ1) is 9.04. The molecule has 1 rings (SSSR count). The number of nitro benzene ring substituents is 1. The molecule has 0 atom stereocenters. The fourth-order valence-corrected chi connectivity index (χ4v) is 1.84. The number of ether oxygens (including phenoxy) is 1. The molecule has 19 heavy (non-hydrogen) atoms. The van der Waals surface area contributed by atoms with Crippen molar-refractivity contribution in [1.29, 1.82) is 0 Å². The molecule has 0 fully saturated rings. The fraction of sp³-hybridized carbons (Fsp3) is 0.417. The second kappa shape index (κ2) is 7.73. The molecule has 0 radical (unpaired) electrons. The summed E-state index contributed by atoms with van der Waals surface area (Å²) in [5, 5.41) is 14.3. The summed E-state index contributed by atoms with van der Waals surface area (Å²) in [6, 6.07) is 4.37. The van der Waals surface area contributed by atoms with E-state index in [0.717, 1.165) is 18.2 Å². The predicted octanol–water partition coefficient (Wildman–Crippen LogP) is 3.11. The Kier molecular flexibility index (Phi) is 6.27. The van der Waals surface area contributed by atoms with Crippen LogP contribution in [0.15, 0.2) is 18.2 Å². The monoisotopic (exact) mass is 330 g/mol. The van der Waals surface area contributed by atoms with E-state index in [1.54, 1.807) is 6.07 Å². The quantitative estimate of drug-likeness (QED) is 0.360. The molecule has 0 saturated heterocycles. The van der Waals surface area contributed by atoms with Crippen LogP contribution in [0.25, 0.3) is 0 Å². The summed E-state index contributed by atoms with van der Waals surface area (Å²) in [5.74, 6) is -0.0611. The Morgan fingerprint density at radius 2 is 2.21 bits per heavy atom. The van der Waals surface area contributed by atoms with Crippen molar-refractivity contribution in [2.45, 2.75) is 19.8 Å². The van der Waals surface area contributed by atoms with Crippen LogP contribution >= 0.6 is 15.9 Å². The van der Waals surface area contributed by atoms with Crippen LogP contribution in [0.4, 0.5) is 11.4 Å². The third kappa shape index (κ3) is 5.25. The Hall–Kier alpha value is -1.63. The lowest BCUT2D eigenvalue weighted by molar-refractivity contribution is -0.385. The highest BCUT2D eigenvalue weighted by Gasteiger charge is 2.16. The summed E-state index contributed by atoms with van der Waals surface area (Å²) in [6.07, 6.45) is 1.76. The number of nitrogens with zero attached hydrogens (tertiary/aromatic N) is 1. The van der Waals surface area contributed by atoms with Crippen LogP contribution in [-0.4, -0.2) is 22.8 Å². The van der Waals surface area contributed by atoms with Gasteiger partial charge in [0.25, 0.3) is 0 Å². The summed E-state index contributed by atoms with van der Waals surface area (Å²) in [7, 11) is 0. The van der Waals surface area contributed by atoms with E-state index in [2.05, 4.69) is 21.2 Å². The number of benzene rings is 1. The van der Waals surface area contributed by atoms with E-state index in [-0.39, 0.29) is 17.3 Å². The number of hydrogen-bond donors (Lipinski definition) is 1. The Morgan fingerprint density at radius 1 is 1.47 bits per heavy atom. The molecule has 104 valence electrons. The molecule has 0 aliphatic carbocycles. The minimum Gasteiger partial charge on any atom is -0.487 e. The number of alkyl halides is 1. The highest BCUT2D eigenvalue weighted by molar-refractivity contribution is 9.09. The number of unbranched alkanes of at least 4 members (excludes halogenated alkanes) is 1. The van der Waals surface area contributed by atoms with E-state index in [9.17, 15) is 14.9 Å². The van der Waals surface area contributed by atoms with Gasteiger partial charge in [-0.15, -0.1) is 0 Å². The molecule has 0 bridgehead atoms. The van der Waals surface area contributed by atoms with Crippen molar-refractivity contribution in [1.82, 2.24) is 0 Å². The van der Waals surface area contributed by atoms with Gasteiger partial charge in [0, 0.05) is 24.0 Å². The molecule has 7 heteroatoms. The third-order valence-electron chi connectivity index (χ3n) is 2.26. The van der Waals surface area contributed by atoms with Crippen molar-refractivity contribution in [3.63, 3.8) is 0 Å². The van der Waals surface area contributed by atoms with E-state index in [0.29, 0.717) is 12.3 Å². The maximum atomic E-state index is 11.0. The summed E-state index contributed by atoms with van der Waals surface area (Å²) in [5.41, 5.74) is 0.233. The molecule has 1 aromatic carbocycles. The van der Waals surface area contributed by atoms with Crippen LogP contribution in [-0.2, 0) is 4.79 Å². The van der Waals surface area contributed by atoms with Gasteiger partial charge in [0.1, 0.15) is 0 Å². The predicted molar refractivity (Wildman–Crippen MR) is 75.9 cm³/mol. The van der Waals surface area contributed by atoms with Gasteiger partial charge in [0.15, 0.2) is 5.75 Å². The van der Waals surface area contributed by atoms with Gasteiger partial charge in [0.05, 0.1) is 11.5 Å². The first kappa shape index (κ1) is 15.4. The zero-order valence-electron chi connectivity index (χ0n) is 10.5. The summed E-state index contributed by atoms with van der Waals surface area (Å²) < 4.78 is 5.39. The van der Waals surface area contributed by atoms with E-state index in [1.165, 1.54) is 19.1 Å². The van der Waals surface area contributed by atoms with E-state index in [4.69, 9.17) is 4.74 Å². The van der Waals surface area contributed by atoms with Gasteiger partial charge in [-0.05, 0) is 25.0 Å². The Labute approximate surface area is 119 Å². The Bertz CT molecular complexity index is 465. The van der Waals surface area contributed by atoms with Crippen LogP contribution in [0.2, 0.25) is 0 Å². The van der Waals surface area contributed by atoms with Gasteiger partial charge in [-0.25, -0.2) is 0 Å². The lowest BCUT2D eigenvalue weighted by atomic mass is 10.2. The number of nitrogens with one attached hydrogen (secondary N) is 1. The van der Waals surface area contributed by atoms with Gasteiger partial charge in [-0.1, -0.05) is 15.9 Å². The molecule has 0 spiro atoms. The third-order valence-corrected chi connectivity index (χ3v) is 2.82. The van der Waals surface area contributed by atoms with E-state index in [1.807, 2.05) is 0 Å². The smallest absolute Gasteiger partial charge is 0.312 e. The minimum absolute atomic E-state index is 0.148. The lowest BCUT2D eigenvalue weighted by Gasteiger charge is -2.08. The van der Waals surface area contributed by atoms with Gasteiger partial charge in [-0.2, -0.15) is 0 Å². The maximum Gasteiger partial charge on any atom is 0.312 e. The molecule has 0 aromatic heterocycles. The lowest BCUT2D eigenvalue weighted by Crippen LogP contribution is -2.07. The molecule has 6 nitrogen and oxygen atoms in total. The average molecular weight is 331 g/mol. The zero-order valence-corrected chi connectivity index (χ0v) is 12.1. The van der Waals surface area contributed by atoms with Crippen LogP contribution in [0.3, 0.4) is 0 Å². The highest BCUT2D eigenvalue weighted by Crippen LogP contribution is 2.30. The second-order valence-electron chi connectivity index (χ2n) is 3.87. The number of anilines is 1. The summed E-state index contributed by atoms with van der Waals surface area (Å²) >= 11 is 3.30. The van der Waals surface area contributed by atoms with Crippen molar-refractivity contribution in [2.24, 2.45) is 0 Å². The van der Waals surface area contributed by atoms with Crippen LogP contribution in [0.5, 0.6) is 5.75 Å². The number of carbonyl (C=O) groups is 1. The number of amides is 1. The normalized spacial score (nSPS) is 10.0. The first-order valence-electron chi connectivity index (χ1n) is 5.79. The van der Waals surface area contributed by atoms with Crippen molar-refractivity contribution < 1.29 is 14.5 Å². The standard InChI is InChI=1S/C12H15BrN2O4/c1-9(16)14-10-4-5-12(11(8-10)15(17)18)19-7-3-2-6-13/h4-5,8H,2-3,6-7H2,1H3,(H,14,16). The number of nitro groups is 1. The van der Waals surface area contributed by atoms with Crippen LogP contribution in [0, 0.1) is 10.1 Å². The highest BCUT2D eigenvalue weighted by atomic mass is 79.9. The van der Waals surface area contributed by atoms with Gasteiger partial charge in [0.2, 0.25) is 5.91 Å². The van der Waals surface area contributed by atoms with Gasteiger partial charge in [-0.3, -0.25) is 14.9 Å². The number of hydrogen-bond acceptors (Lipinski definition) is 4. The minimum atomic E-state index is -0.523. The molecular weight excluding hydrogens is 316 g/mol. The molecule has 0 unspecified atom stereocenters.